The standard InChI is InChI=1S/C14H22BrN3OSi/c1-14(2,3)20(4,5)19-9-8-18-13-7-6-11(15)10-12(13)16-17-18/h6-7,10H,8-9H2,1-5H3. The third-order valence-electron chi connectivity index (χ3n) is 4.05. The predicted molar refractivity (Wildman–Crippen MR) is 88.4 cm³/mol. The van der Waals surface area contributed by atoms with E-state index in [0.717, 1.165) is 22.1 Å². The molecule has 2 rings (SSSR count). The van der Waals surface area contributed by atoms with Crippen molar-refractivity contribution in [1.29, 1.82) is 0 Å². The van der Waals surface area contributed by atoms with Crippen LogP contribution in [0.1, 0.15) is 20.8 Å². The second-order valence-electron chi connectivity index (χ2n) is 6.55. The topological polar surface area (TPSA) is 39.9 Å². The van der Waals surface area contributed by atoms with Crippen molar-refractivity contribution in [3.8, 4) is 0 Å². The lowest BCUT2D eigenvalue weighted by Crippen LogP contribution is -2.41. The molecule has 0 unspecified atom stereocenters. The molecule has 0 saturated carbocycles. The number of benzene rings is 1. The van der Waals surface area contributed by atoms with Crippen molar-refractivity contribution in [2.75, 3.05) is 6.61 Å². The molecule has 20 heavy (non-hydrogen) atoms. The number of hydrogen-bond donors (Lipinski definition) is 0. The number of rotatable bonds is 4. The quantitative estimate of drug-likeness (QED) is 0.771. The highest BCUT2D eigenvalue weighted by Gasteiger charge is 2.36. The van der Waals surface area contributed by atoms with Gasteiger partial charge in [0.2, 0.25) is 0 Å². The van der Waals surface area contributed by atoms with Gasteiger partial charge in [0.25, 0.3) is 0 Å². The fraction of sp³-hybridized carbons (Fsp3) is 0.571. The van der Waals surface area contributed by atoms with Gasteiger partial charge in [0.1, 0.15) is 5.52 Å². The molecule has 4 nitrogen and oxygen atoms in total. The number of aromatic nitrogens is 3. The Morgan fingerprint density at radius 1 is 1.30 bits per heavy atom. The fourth-order valence-electron chi connectivity index (χ4n) is 1.71. The maximum absolute atomic E-state index is 6.18. The van der Waals surface area contributed by atoms with Crippen LogP contribution in [0.2, 0.25) is 18.1 Å². The molecule has 0 N–H and O–H groups in total. The normalized spacial score (nSPS) is 13.1. The first kappa shape index (κ1) is 15.7. The van der Waals surface area contributed by atoms with Gasteiger partial charge in [0.05, 0.1) is 18.7 Å². The highest BCUT2D eigenvalue weighted by molar-refractivity contribution is 9.10. The van der Waals surface area contributed by atoms with E-state index in [1.807, 2.05) is 22.9 Å². The molecule has 1 aromatic heterocycles. The number of nitrogens with zero attached hydrogens (tertiary/aromatic N) is 3. The first-order valence-corrected chi connectivity index (χ1v) is 10.5. The lowest BCUT2D eigenvalue weighted by molar-refractivity contribution is 0.266. The zero-order valence-corrected chi connectivity index (χ0v) is 15.4. The molecular weight excluding hydrogens is 334 g/mol. The monoisotopic (exact) mass is 355 g/mol. The van der Waals surface area contributed by atoms with Crippen LogP contribution < -0.4 is 0 Å². The molecular formula is C14H22BrN3OSi. The van der Waals surface area contributed by atoms with Crippen LogP contribution in [0, 0.1) is 0 Å². The Labute approximate surface area is 129 Å². The van der Waals surface area contributed by atoms with Crippen LogP contribution >= 0.6 is 15.9 Å². The molecule has 6 heteroatoms. The minimum Gasteiger partial charge on any atom is -0.415 e. The molecule has 1 heterocycles. The van der Waals surface area contributed by atoms with Crippen molar-refractivity contribution in [3.63, 3.8) is 0 Å². The average Bonchev–Trinajstić information content (AvgIpc) is 2.70. The lowest BCUT2D eigenvalue weighted by Gasteiger charge is -2.36. The Bertz CT molecular complexity index is 604. The summed E-state index contributed by atoms with van der Waals surface area (Å²) >= 11 is 3.45. The summed E-state index contributed by atoms with van der Waals surface area (Å²) in [7, 11) is -1.68. The highest BCUT2D eigenvalue weighted by atomic mass is 79.9. The van der Waals surface area contributed by atoms with Gasteiger partial charge in [-0.05, 0) is 36.3 Å². The van der Waals surface area contributed by atoms with Crippen molar-refractivity contribution in [1.82, 2.24) is 15.0 Å². The Morgan fingerprint density at radius 2 is 2.00 bits per heavy atom. The first-order chi connectivity index (χ1) is 9.21. The van der Waals surface area contributed by atoms with Crippen LogP contribution in [0.25, 0.3) is 11.0 Å². The molecule has 0 amide bonds. The summed E-state index contributed by atoms with van der Waals surface area (Å²) in [5.74, 6) is 0. The van der Waals surface area contributed by atoms with E-state index in [-0.39, 0.29) is 5.04 Å². The first-order valence-electron chi connectivity index (χ1n) is 6.83. The van der Waals surface area contributed by atoms with Crippen molar-refractivity contribution >= 4 is 35.3 Å². The molecule has 0 spiro atoms. The third kappa shape index (κ3) is 3.29. The molecule has 0 aliphatic carbocycles. The zero-order valence-electron chi connectivity index (χ0n) is 12.8. The second kappa shape index (κ2) is 5.58. The summed E-state index contributed by atoms with van der Waals surface area (Å²) in [6.45, 7) is 12.7. The largest absolute Gasteiger partial charge is 0.415 e. The van der Waals surface area contributed by atoms with Crippen molar-refractivity contribution in [2.24, 2.45) is 0 Å². The molecule has 2 aromatic rings. The van der Waals surface area contributed by atoms with Crippen LogP contribution in [0.3, 0.4) is 0 Å². The van der Waals surface area contributed by atoms with E-state index >= 15 is 0 Å². The molecule has 1 aromatic carbocycles. The molecule has 0 saturated heterocycles. The van der Waals surface area contributed by atoms with E-state index in [2.05, 4.69) is 60.1 Å². The molecule has 0 bridgehead atoms. The van der Waals surface area contributed by atoms with E-state index < -0.39 is 8.32 Å². The van der Waals surface area contributed by atoms with Crippen molar-refractivity contribution < 1.29 is 4.43 Å². The number of halogens is 1. The maximum atomic E-state index is 6.18. The SMILES string of the molecule is CC(C)(C)[Si](C)(C)OCCn1nnc2cc(Br)ccc21. The maximum Gasteiger partial charge on any atom is 0.192 e. The van der Waals surface area contributed by atoms with E-state index in [1.165, 1.54) is 0 Å². The molecule has 0 atom stereocenters. The number of fused-ring (bicyclic) bond motifs is 1. The minimum atomic E-state index is -1.68. The highest BCUT2D eigenvalue weighted by Crippen LogP contribution is 2.36. The number of hydrogen-bond acceptors (Lipinski definition) is 3. The molecule has 0 aliphatic rings. The van der Waals surface area contributed by atoms with Gasteiger partial charge < -0.3 is 4.43 Å². The van der Waals surface area contributed by atoms with Crippen LogP contribution in [-0.2, 0) is 11.0 Å². The van der Waals surface area contributed by atoms with Crippen molar-refractivity contribution in [3.05, 3.63) is 22.7 Å². The van der Waals surface area contributed by atoms with Gasteiger partial charge in [-0.3, -0.25) is 0 Å². The van der Waals surface area contributed by atoms with Gasteiger partial charge in [-0.15, -0.1) is 5.10 Å². The van der Waals surface area contributed by atoms with Crippen LogP contribution in [-0.4, -0.2) is 29.9 Å². The smallest absolute Gasteiger partial charge is 0.192 e. The summed E-state index contributed by atoms with van der Waals surface area (Å²) in [6, 6.07) is 6.02. The molecule has 0 radical (unpaired) electrons. The predicted octanol–water partition coefficient (Wildman–Crippen LogP) is 4.22. The lowest BCUT2D eigenvalue weighted by atomic mass is 10.2. The Hall–Kier alpha value is -0.723. The van der Waals surface area contributed by atoms with Gasteiger partial charge in [0, 0.05) is 4.47 Å². The van der Waals surface area contributed by atoms with E-state index in [9.17, 15) is 0 Å². The van der Waals surface area contributed by atoms with E-state index in [0.29, 0.717) is 6.61 Å². The van der Waals surface area contributed by atoms with Crippen molar-refractivity contribution in [2.45, 2.75) is 45.4 Å². The molecule has 110 valence electrons. The third-order valence-corrected chi connectivity index (χ3v) is 9.08. The summed E-state index contributed by atoms with van der Waals surface area (Å²) in [5.41, 5.74) is 1.96. The molecule has 0 aliphatic heterocycles. The van der Waals surface area contributed by atoms with E-state index in [1.54, 1.807) is 0 Å². The van der Waals surface area contributed by atoms with Crippen LogP contribution in [0.5, 0.6) is 0 Å². The summed E-state index contributed by atoms with van der Waals surface area (Å²) in [5, 5.41) is 8.62. The van der Waals surface area contributed by atoms with Gasteiger partial charge in [-0.25, -0.2) is 4.68 Å². The average molecular weight is 356 g/mol. The minimum absolute atomic E-state index is 0.238. The summed E-state index contributed by atoms with van der Waals surface area (Å²) < 4.78 is 9.12. The zero-order chi connectivity index (χ0) is 15.0. The Balaban J connectivity index is 2.04. The fourth-order valence-corrected chi connectivity index (χ4v) is 3.10. The Kier molecular flexibility index (Phi) is 4.37. The summed E-state index contributed by atoms with van der Waals surface area (Å²) in [6.07, 6.45) is 0. The summed E-state index contributed by atoms with van der Waals surface area (Å²) in [4.78, 5) is 0. The van der Waals surface area contributed by atoms with E-state index in [4.69, 9.17) is 4.43 Å². The van der Waals surface area contributed by atoms with Gasteiger partial charge in [-0.2, -0.15) is 0 Å². The van der Waals surface area contributed by atoms with Gasteiger partial charge in [-0.1, -0.05) is 41.9 Å². The Morgan fingerprint density at radius 3 is 2.65 bits per heavy atom. The van der Waals surface area contributed by atoms with Gasteiger partial charge >= 0.3 is 0 Å². The molecule has 0 fully saturated rings. The van der Waals surface area contributed by atoms with Gasteiger partial charge in [0.15, 0.2) is 8.32 Å². The van der Waals surface area contributed by atoms with Crippen LogP contribution in [0.4, 0.5) is 0 Å². The second-order valence-corrected chi connectivity index (χ2v) is 12.3. The van der Waals surface area contributed by atoms with Crippen LogP contribution in [0.15, 0.2) is 22.7 Å².